The van der Waals surface area contributed by atoms with Crippen LogP contribution in [0.3, 0.4) is 0 Å². The summed E-state index contributed by atoms with van der Waals surface area (Å²) in [6, 6.07) is 8.85. The normalized spacial score (nSPS) is 10.9. The summed E-state index contributed by atoms with van der Waals surface area (Å²) in [4.78, 5) is 14.3. The summed E-state index contributed by atoms with van der Waals surface area (Å²) >= 11 is 0. The van der Waals surface area contributed by atoms with Gasteiger partial charge in [-0.1, -0.05) is 26.7 Å². The van der Waals surface area contributed by atoms with Crippen molar-refractivity contribution in [1.82, 2.24) is 4.90 Å². The minimum Gasteiger partial charge on any atom is -0.399 e. The fourth-order valence-corrected chi connectivity index (χ4v) is 2.05. The number of hydrogen-bond donors (Lipinski definition) is 2. The molecule has 0 unspecified atom stereocenters. The van der Waals surface area contributed by atoms with E-state index in [0.717, 1.165) is 38.8 Å². The number of nitrogens with zero attached hydrogens (tertiary/aromatic N) is 2. The molecule has 0 atom stereocenters. The van der Waals surface area contributed by atoms with E-state index in [1.807, 2.05) is 6.07 Å². The molecule has 0 spiro atoms. The van der Waals surface area contributed by atoms with E-state index in [2.05, 4.69) is 24.1 Å². The fraction of sp³-hybridized carbons (Fsp3) is 0.444. The number of amides is 1. The van der Waals surface area contributed by atoms with Crippen LogP contribution in [0.2, 0.25) is 0 Å². The quantitative estimate of drug-likeness (QED) is 0.415. The van der Waals surface area contributed by atoms with E-state index in [0.29, 0.717) is 11.4 Å². The number of anilines is 2. The van der Waals surface area contributed by atoms with Crippen molar-refractivity contribution in [3.63, 3.8) is 0 Å². The first-order valence-corrected chi connectivity index (χ1v) is 8.13. The summed E-state index contributed by atoms with van der Waals surface area (Å²) in [5, 5.41) is 12.0. The maximum absolute atomic E-state index is 12.3. The van der Waals surface area contributed by atoms with Gasteiger partial charge in [-0.25, -0.2) is 0 Å². The Morgan fingerprint density at radius 1 is 1.22 bits per heavy atom. The summed E-state index contributed by atoms with van der Waals surface area (Å²) in [7, 11) is 0. The van der Waals surface area contributed by atoms with Crippen LogP contribution in [0.15, 0.2) is 36.0 Å². The van der Waals surface area contributed by atoms with Crippen LogP contribution in [0.5, 0.6) is 0 Å². The number of nitrogens with two attached hydrogens (primary N) is 1. The van der Waals surface area contributed by atoms with Crippen LogP contribution in [-0.2, 0) is 4.79 Å². The molecule has 3 N–H and O–H groups in total. The molecular weight excluding hydrogens is 288 g/mol. The van der Waals surface area contributed by atoms with Crippen LogP contribution in [-0.4, -0.2) is 23.9 Å². The van der Waals surface area contributed by atoms with Gasteiger partial charge in [-0.2, -0.15) is 5.26 Å². The Morgan fingerprint density at radius 2 is 1.78 bits per heavy atom. The minimum absolute atomic E-state index is 0.119. The third-order valence-corrected chi connectivity index (χ3v) is 3.44. The lowest BCUT2D eigenvalue weighted by Crippen LogP contribution is -2.23. The second kappa shape index (κ2) is 10.3. The molecule has 124 valence electrons. The van der Waals surface area contributed by atoms with Crippen molar-refractivity contribution < 1.29 is 4.79 Å². The third-order valence-electron chi connectivity index (χ3n) is 3.44. The maximum Gasteiger partial charge on any atom is 0.267 e. The standard InChI is InChI=1S/C18H26N4O/c1-3-5-11-22(12-6-4-2)14-15(13-19)18(23)21-17-9-7-16(20)8-10-17/h7-10,14H,3-6,11-12,20H2,1-2H3,(H,21,23)/b15-14-. The van der Waals surface area contributed by atoms with Crippen LogP contribution in [0, 0.1) is 11.3 Å². The third kappa shape index (κ3) is 6.88. The maximum atomic E-state index is 12.3. The molecule has 0 aromatic heterocycles. The summed E-state index contributed by atoms with van der Waals surface area (Å²) in [6.45, 7) is 5.97. The van der Waals surface area contributed by atoms with Gasteiger partial charge in [-0.05, 0) is 37.1 Å². The van der Waals surface area contributed by atoms with E-state index >= 15 is 0 Å². The number of benzene rings is 1. The molecule has 0 radical (unpaired) electrons. The van der Waals surface area contributed by atoms with E-state index in [1.54, 1.807) is 30.5 Å². The molecule has 0 saturated heterocycles. The Balaban J connectivity index is 2.78. The van der Waals surface area contributed by atoms with Gasteiger partial charge in [0.25, 0.3) is 5.91 Å². The zero-order chi connectivity index (χ0) is 17.1. The van der Waals surface area contributed by atoms with Gasteiger partial charge in [-0.15, -0.1) is 0 Å². The lowest BCUT2D eigenvalue weighted by Gasteiger charge is -2.20. The van der Waals surface area contributed by atoms with Crippen LogP contribution in [0.25, 0.3) is 0 Å². The second-order valence-electron chi connectivity index (χ2n) is 5.47. The Hall–Kier alpha value is -2.48. The summed E-state index contributed by atoms with van der Waals surface area (Å²) in [6.07, 6.45) is 5.92. The van der Waals surface area contributed by atoms with E-state index < -0.39 is 5.91 Å². The minimum atomic E-state index is -0.393. The fourth-order valence-electron chi connectivity index (χ4n) is 2.05. The molecule has 23 heavy (non-hydrogen) atoms. The van der Waals surface area contributed by atoms with Crippen LogP contribution in [0.1, 0.15) is 39.5 Å². The first-order chi connectivity index (χ1) is 11.1. The van der Waals surface area contributed by atoms with E-state index in [4.69, 9.17) is 5.73 Å². The van der Waals surface area contributed by atoms with Crippen molar-refractivity contribution in [2.24, 2.45) is 0 Å². The number of unbranched alkanes of at least 4 members (excludes halogenated alkanes) is 2. The smallest absolute Gasteiger partial charge is 0.267 e. The molecule has 0 bridgehead atoms. The topological polar surface area (TPSA) is 82.2 Å². The number of nitrogen functional groups attached to an aromatic ring is 1. The van der Waals surface area contributed by atoms with Crippen molar-refractivity contribution in [3.05, 3.63) is 36.0 Å². The summed E-state index contributed by atoms with van der Waals surface area (Å²) < 4.78 is 0. The SMILES string of the molecule is CCCCN(/C=C(/C#N)C(=O)Nc1ccc(N)cc1)CCCC. The number of carbonyl (C=O) groups is 1. The Kier molecular flexibility index (Phi) is 8.30. The summed E-state index contributed by atoms with van der Waals surface area (Å²) in [5.41, 5.74) is 6.99. The van der Waals surface area contributed by atoms with Crippen LogP contribution < -0.4 is 11.1 Å². The van der Waals surface area contributed by atoms with Crippen molar-refractivity contribution in [3.8, 4) is 6.07 Å². The first kappa shape index (κ1) is 18.6. The number of carbonyl (C=O) groups excluding carboxylic acids is 1. The van der Waals surface area contributed by atoms with Crippen molar-refractivity contribution in [1.29, 1.82) is 5.26 Å². The molecule has 0 fully saturated rings. The highest BCUT2D eigenvalue weighted by Crippen LogP contribution is 2.12. The van der Waals surface area contributed by atoms with Crippen molar-refractivity contribution in [2.45, 2.75) is 39.5 Å². The van der Waals surface area contributed by atoms with Crippen molar-refractivity contribution >= 4 is 17.3 Å². The van der Waals surface area contributed by atoms with Gasteiger partial charge >= 0.3 is 0 Å². The molecule has 1 aromatic carbocycles. The lowest BCUT2D eigenvalue weighted by atomic mass is 10.2. The highest BCUT2D eigenvalue weighted by molar-refractivity contribution is 6.06. The molecule has 0 heterocycles. The molecule has 0 aliphatic carbocycles. The van der Waals surface area contributed by atoms with Crippen LogP contribution >= 0.6 is 0 Å². The largest absolute Gasteiger partial charge is 0.399 e. The lowest BCUT2D eigenvalue weighted by molar-refractivity contribution is -0.112. The number of nitriles is 1. The van der Waals surface area contributed by atoms with Crippen molar-refractivity contribution in [2.75, 3.05) is 24.1 Å². The average molecular weight is 314 g/mol. The predicted molar refractivity (Wildman–Crippen MR) is 94.6 cm³/mol. The van der Waals surface area contributed by atoms with Crippen LogP contribution in [0.4, 0.5) is 11.4 Å². The molecule has 1 aromatic rings. The highest BCUT2D eigenvalue weighted by atomic mass is 16.1. The zero-order valence-corrected chi connectivity index (χ0v) is 14.0. The average Bonchev–Trinajstić information content (AvgIpc) is 2.56. The van der Waals surface area contributed by atoms with Gasteiger partial charge in [0.1, 0.15) is 11.6 Å². The van der Waals surface area contributed by atoms with Gasteiger partial charge in [0.05, 0.1) is 0 Å². The second-order valence-corrected chi connectivity index (χ2v) is 5.47. The Labute approximate surface area is 138 Å². The van der Waals surface area contributed by atoms with E-state index in [9.17, 15) is 10.1 Å². The van der Waals surface area contributed by atoms with Gasteiger partial charge in [0.2, 0.25) is 0 Å². The Bertz CT molecular complexity index is 549. The molecule has 5 heteroatoms. The number of rotatable bonds is 9. The Morgan fingerprint density at radius 3 is 2.26 bits per heavy atom. The molecular formula is C18H26N4O. The number of nitrogens with one attached hydrogen (secondary N) is 1. The van der Waals surface area contributed by atoms with E-state index in [1.165, 1.54) is 0 Å². The molecule has 0 saturated carbocycles. The molecule has 1 rings (SSSR count). The number of hydrogen-bond acceptors (Lipinski definition) is 4. The summed E-state index contributed by atoms with van der Waals surface area (Å²) in [5.74, 6) is -0.393. The predicted octanol–water partition coefficient (Wildman–Crippen LogP) is 3.52. The van der Waals surface area contributed by atoms with Gasteiger partial charge in [0, 0.05) is 30.7 Å². The van der Waals surface area contributed by atoms with Gasteiger partial charge < -0.3 is 16.0 Å². The molecule has 0 aliphatic heterocycles. The molecule has 5 nitrogen and oxygen atoms in total. The van der Waals surface area contributed by atoms with E-state index in [-0.39, 0.29) is 5.57 Å². The van der Waals surface area contributed by atoms with Gasteiger partial charge in [0.15, 0.2) is 0 Å². The highest BCUT2D eigenvalue weighted by Gasteiger charge is 2.11. The zero-order valence-electron chi connectivity index (χ0n) is 14.0. The first-order valence-electron chi connectivity index (χ1n) is 8.13. The monoisotopic (exact) mass is 314 g/mol. The van der Waals surface area contributed by atoms with Gasteiger partial charge in [-0.3, -0.25) is 4.79 Å². The molecule has 0 aliphatic rings. The molecule has 1 amide bonds.